The van der Waals surface area contributed by atoms with E-state index in [1.165, 1.54) is 10.3 Å². The number of rotatable bonds is 2. The Bertz CT molecular complexity index is 520. The Hall–Kier alpha value is -1.20. The van der Waals surface area contributed by atoms with Crippen LogP contribution in [0.25, 0.3) is 10.2 Å². The van der Waals surface area contributed by atoms with Crippen molar-refractivity contribution >= 4 is 21.6 Å². The summed E-state index contributed by atoms with van der Waals surface area (Å²) in [6, 6.07) is 0. The summed E-state index contributed by atoms with van der Waals surface area (Å²) in [7, 11) is 1.63. The normalized spacial score (nSPS) is 17.5. The molecule has 3 rings (SSSR count). The van der Waals surface area contributed by atoms with E-state index < -0.39 is 0 Å². The van der Waals surface area contributed by atoms with Crippen LogP contribution in [0.3, 0.4) is 0 Å². The summed E-state index contributed by atoms with van der Waals surface area (Å²) in [6.45, 7) is 1.69. The summed E-state index contributed by atoms with van der Waals surface area (Å²) in [4.78, 5) is 8.70. The highest BCUT2D eigenvalue weighted by Crippen LogP contribution is 2.36. The Morgan fingerprint density at radius 3 is 2.94 bits per heavy atom. The highest BCUT2D eigenvalue weighted by Gasteiger charge is 2.21. The number of ether oxygens (including phenoxy) is 2. The molecule has 0 aliphatic carbocycles. The van der Waals surface area contributed by atoms with E-state index in [-0.39, 0.29) is 0 Å². The van der Waals surface area contributed by atoms with Crippen molar-refractivity contribution in [2.45, 2.75) is 18.8 Å². The summed E-state index contributed by atoms with van der Waals surface area (Å²) in [5.74, 6) is 1.17. The fourth-order valence-electron chi connectivity index (χ4n) is 2.30. The van der Waals surface area contributed by atoms with Gasteiger partial charge < -0.3 is 9.47 Å². The van der Waals surface area contributed by atoms with Gasteiger partial charge in [0.1, 0.15) is 5.52 Å². The third kappa shape index (κ3) is 1.89. The lowest BCUT2D eigenvalue weighted by molar-refractivity contribution is 0.0855. The number of nitrogens with zero attached hydrogens (tertiary/aromatic N) is 2. The molecule has 0 spiro atoms. The zero-order valence-corrected chi connectivity index (χ0v) is 10.5. The molecule has 4 nitrogen and oxygen atoms in total. The minimum absolute atomic E-state index is 0.546. The highest BCUT2D eigenvalue weighted by atomic mass is 32.1. The van der Waals surface area contributed by atoms with E-state index in [1.807, 2.05) is 11.7 Å². The van der Waals surface area contributed by atoms with Crippen LogP contribution in [0.2, 0.25) is 0 Å². The zero-order chi connectivity index (χ0) is 11.7. The molecule has 5 heteroatoms. The van der Waals surface area contributed by atoms with Crippen molar-refractivity contribution in [3.8, 4) is 5.88 Å². The number of hydrogen-bond donors (Lipinski definition) is 0. The van der Waals surface area contributed by atoms with Crippen molar-refractivity contribution in [1.82, 2.24) is 9.97 Å². The highest BCUT2D eigenvalue weighted by molar-refractivity contribution is 7.17. The molecular formula is C12H14N2O2S. The van der Waals surface area contributed by atoms with E-state index >= 15 is 0 Å². The van der Waals surface area contributed by atoms with Gasteiger partial charge in [0.25, 0.3) is 0 Å². The van der Waals surface area contributed by atoms with Gasteiger partial charge in [0.05, 0.1) is 17.3 Å². The molecule has 1 saturated heterocycles. The lowest BCUT2D eigenvalue weighted by atomic mass is 9.93. The Kier molecular flexibility index (Phi) is 2.94. The van der Waals surface area contributed by atoms with Crippen LogP contribution < -0.4 is 4.74 Å². The average Bonchev–Trinajstić information content (AvgIpc) is 2.88. The van der Waals surface area contributed by atoms with Crippen LogP contribution in [0.4, 0.5) is 0 Å². The van der Waals surface area contributed by atoms with Gasteiger partial charge in [-0.25, -0.2) is 9.97 Å². The van der Waals surface area contributed by atoms with Crippen molar-refractivity contribution in [3.05, 3.63) is 17.3 Å². The van der Waals surface area contributed by atoms with Crippen LogP contribution in [-0.2, 0) is 4.74 Å². The first kappa shape index (κ1) is 10.9. The molecule has 0 amide bonds. The van der Waals surface area contributed by atoms with E-state index in [0.29, 0.717) is 11.8 Å². The quantitative estimate of drug-likeness (QED) is 0.821. The lowest BCUT2D eigenvalue weighted by Crippen LogP contribution is -2.14. The first-order valence-corrected chi connectivity index (χ1v) is 6.62. The van der Waals surface area contributed by atoms with Crippen molar-refractivity contribution in [2.24, 2.45) is 0 Å². The van der Waals surface area contributed by atoms with Crippen molar-refractivity contribution in [3.63, 3.8) is 0 Å². The SMILES string of the molecule is COc1ncc(C2CCOCC2)c2scnc12. The predicted octanol–water partition coefficient (Wildman–Crippen LogP) is 2.59. The number of hydrogen-bond acceptors (Lipinski definition) is 5. The van der Waals surface area contributed by atoms with Crippen LogP contribution in [0, 0.1) is 0 Å². The van der Waals surface area contributed by atoms with Gasteiger partial charge in [-0.1, -0.05) is 0 Å². The van der Waals surface area contributed by atoms with Gasteiger partial charge in [-0.15, -0.1) is 11.3 Å². The maximum absolute atomic E-state index is 5.40. The summed E-state index contributed by atoms with van der Waals surface area (Å²) < 4.78 is 11.9. The summed E-state index contributed by atoms with van der Waals surface area (Å²) in [5, 5.41) is 0. The van der Waals surface area contributed by atoms with Gasteiger partial charge in [0, 0.05) is 19.4 Å². The summed E-state index contributed by atoms with van der Waals surface area (Å²) in [6.07, 6.45) is 4.08. The largest absolute Gasteiger partial charge is 0.479 e. The second kappa shape index (κ2) is 4.58. The van der Waals surface area contributed by atoms with E-state index in [2.05, 4.69) is 9.97 Å². The van der Waals surface area contributed by atoms with Crippen LogP contribution in [0.1, 0.15) is 24.3 Å². The van der Waals surface area contributed by atoms with Gasteiger partial charge in [0.2, 0.25) is 5.88 Å². The van der Waals surface area contributed by atoms with E-state index in [9.17, 15) is 0 Å². The Morgan fingerprint density at radius 1 is 1.35 bits per heavy atom. The molecule has 1 aliphatic rings. The lowest BCUT2D eigenvalue weighted by Gasteiger charge is -2.22. The molecule has 0 saturated carbocycles. The summed E-state index contributed by atoms with van der Waals surface area (Å²) >= 11 is 1.67. The van der Waals surface area contributed by atoms with Gasteiger partial charge in [0.15, 0.2) is 0 Å². The smallest absolute Gasteiger partial charge is 0.241 e. The number of thiazole rings is 1. The van der Waals surface area contributed by atoms with Gasteiger partial charge >= 0.3 is 0 Å². The Morgan fingerprint density at radius 2 is 2.18 bits per heavy atom. The molecule has 0 atom stereocenters. The molecule has 0 unspecified atom stereocenters. The van der Waals surface area contributed by atoms with Crippen LogP contribution >= 0.6 is 11.3 Å². The first-order valence-electron chi connectivity index (χ1n) is 5.74. The first-order chi connectivity index (χ1) is 8.40. The molecule has 2 aromatic rings. The third-order valence-corrected chi connectivity index (χ3v) is 4.08. The van der Waals surface area contributed by atoms with Crippen LogP contribution in [-0.4, -0.2) is 30.3 Å². The van der Waals surface area contributed by atoms with E-state index in [4.69, 9.17) is 9.47 Å². The molecular weight excluding hydrogens is 236 g/mol. The summed E-state index contributed by atoms with van der Waals surface area (Å²) in [5.41, 5.74) is 4.05. The molecule has 0 N–H and O–H groups in total. The van der Waals surface area contributed by atoms with E-state index in [0.717, 1.165) is 31.6 Å². The molecule has 0 bridgehead atoms. The van der Waals surface area contributed by atoms with Crippen molar-refractivity contribution in [1.29, 1.82) is 0 Å². The van der Waals surface area contributed by atoms with Gasteiger partial charge in [-0.3, -0.25) is 0 Å². The Balaban J connectivity index is 2.07. The van der Waals surface area contributed by atoms with Gasteiger partial charge in [-0.05, 0) is 24.3 Å². The monoisotopic (exact) mass is 250 g/mol. The number of pyridine rings is 1. The maximum Gasteiger partial charge on any atom is 0.241 e. The van der Waals surface area contributed by atoms with Crippen LogP contribution in [0.5, 0.6) is 5.88 Å². The van der Waals surface area contributed by atoms with Crippen LogP contribution in [0.15, 0.2) is 11.7 Å². The maximum atomic E-state index is 5.40. The molecule has 1 aliphatic heterocycles. The van der Waals surface area contributed by atoms with Crippen molar-refractivity contribution < 1.29 is 9.47 Å². The number of fused-ring (bicyclic) bond motifs is 1. The average molecular weight is 250 g/mol. The standard InChI is InChI=1S/C12H14N2O2S/c1-15-12-10-11(17-7-14-10)9(6-13-12)8-2-4-16-5-3-8/h6-8H,2-5H2,1H3. The molecule has 90 valence electrons. The Labute approximate surface area is 104 Å². The van der Waals surface area contributed by atoms with Gasteiger partial charge in [-0.2, -0.15) is 0 Å². The molecule has 3 heterocycles. The minimum atomic E-state index is 0.546. The zero-order valence-electron chi connectivity index (χ0n) is 9.68. The molecule has 2 aromatic heterocycles. The molecule has 0 radical (unpaired) electrons. The molecule has 1 fully saturated rings. The number of aromatic nitrogens is 2. The minimum Gasteiger partial charge on any atom is -0.479 e. The second-order valence-corrected chi connectivity index (χ2v) is 4.99. The van der Waals surface area contributed by atoms with E-state index in [1.54, 1.807) is 18.4 Å². The molecule has 17 heavy (non-hydrogen) atoms. The second-order valence-electron chi connectivity index (χ2n) is 4.14. The number of methoxy groups -OCH3 is 1. The predicted molar refractivity (Wildman–Crippen MR) is 66.8 cm³/mol. The third-order valence-electron chi connectivity index (χ3n) is 3.21. The fraction of sp³-hybridized carbons (Fsp3) is 0.500. The topological polar surface area (TPSA) is 44.2 Å². The fourth-order valence-corrected chi connectivity index (χ4v) is 3.17. The van der Waals surface area contributed by atoms with Crippen molar-refractivity contribution in [2.75, 3.05) is 20.3 Å². The molecule has 0 aromatic carbocycles.